The lowest BCUT2D eigenvalue weighted by Crippen LogP contribution is -2.26. The first-order valence-electron chi connectivity index (χ1n) is 7.02. The van der Waals surface area contributed by atoms with Gasteiger partial charge < -0.3 is 9.64 Å². The van der Waals surface area contributed by atoms with E-state index in [4.69, 9.17) is 16.3 Å². The second-order valence-corrected chi connectivity index (χ2v) is 6.00. The number of rotatable bonds is 6. The van der Waals surface area contributed by atoms with Gasteiger partial charge in [0, 0.05) is 24.1 Å². The molecule has 0 saturated heterocycles. The molecule has 2 saturated carbocycles. The molecule has 104 valence electrons. The van der Waals surface area contributed by atoms with E-state index in [-0.39, 0.29) is 0 Å². The number of ether oxygens (including phenoxy) is 1. The molecule has 0 N–H and O–H groups in total. The first kappa shape index (κ1) is 13.1. The highest BCUT2D eigenvalue weighted by molar-refractivity contribution is 6.30. The van der Waals surface area contributed by atoms with Crippen LogP contribution in [0.4, 0.5) is 0 Å². The summed E-state index contributed by atoms with van der Waals surface area (Å²) in [6.07, 6.45) is 4.98. The zero-order valence-electron chi connectivity index (χ0n) is 11.5. The van der Waals surface area contributed by atoms with E-state index in [2.05, 4.69) is 21.9 Å². The van der Waals surface area contributed by atoms with E-state index >= 15 is 0 Å². The van der Waals surface area contributed by atoms with Crippen molar-refractivity contribution in [1.82, 2.24) is 14.9 Å². The monoisotopic (exact) mass is 281 g/mol. The van der Waals surface area contributed by atoms with E-state index in [1.54, 1.807) is 0 Å². The Balaban J connectivity index is 1.62. The summed E-state index contributed by atoms with van der Waals surface area (Å²) in [5.41, 5.74) is 0.847. The Morgan fingerprint density at radius 2 is 2.00 bits per heavy atom. The van der Waals surface area contributed by atoms with Crippen LogP contribution in [0.25, 0.3) is 0 Å². The molecule has 0 aliphatic heterocycles. The number of likely N-dealkylation sites (N-methyl/N-ethyl adjacent to an activating group) is 1. The van der Waals surface area contributed by atoms with Crippen molar-refractivity contribution in [2.75, 3.05) is 20.2 Å². The minimum atomic E-state index is 0.495. The number of nitrogens with zero attached hydrogens (tertiary/aromatic N) is 3. The molecule has 0 spiro atoms. The van der Waals surface area contributed by atoms with E-state index in [1.807, 2.05) is 6.92 Å². The molecular formula is C14H20ClN3O. The quantitative estimate of drug-likeness (QED) is 0.752. The topological polar surface area (TPSA) is 38.3 Å². The molecular weight excluding hydrogens is 262 g/mol. The maximum atomic E-state index is 6.15. The molecule has 19 heavy (non-hydrogen) atoms. The van der Waals surface area contributed by atoms with Crippen molar-refractivity contribution < 1.29 is 4.74 Å². The molecule has 0 radical (unpaired) electrons. The first-order chi connectivity index (χ1) is 9.15. The van der Waals surface area contributed by atoms with Crippen LogP contribution in [0.5, 0.6) is 5.88 Å². The summed E-state index contributed by atoms with van der Waals surface area (Å²) in [6, 6.07) is 0.765. The Kier molecular flexibility index (Phi) is 3.63. The molecule has 0 amide bonds. The summed E-state index contributed by atoms with van der Waals surface area (Å²) in [6.45, 7) is 3.51. The minimum Gasteiger partial charge on any atom is -0.476 e. The predicted molar refractivity (Wildman–Crippen MR) is 74.9 cm³/mol. The van der Waals surface area contributed by atoms with Gasteiger partial charge in [-0.15, -0.1) is 0 Å². The van der Waals surface area contributed by atoms with Crippen LogP contribution in [0, 0.1) is 6.92 Å². The number of aromatic nitrogens is 2. The number of hydrogen-bond acceptors (Lipinski definition) is 4. The number of hydrogen-bond donors (Lipinski definition) is 0. The average molecular weight is 282 g/mol. The predicted octanol–water partition coefficient (Wildman–Crippen LogP) is 2.79. The van der Waals surface area contributed by atoms with Crippen molar-refractivity contribution >= 4 is 11.6 Å². The Morgan fingerprint density at radius 1 is 1.26 bits per heavy atom. The van der Waals surface area contributed by atoms with Gasteiger partial charge >= 0.3 is 0 Å². The zero-order valence-corrected chi connectivity index (χ0v) is 12.3. The molecule has 0 bridgehead atoms. The Hall–Kier alpha value is -0.870. The smallest absolute Gasteiger partial charge is 0.221 e. The van der Waals surface area contributed by atoms with Crippen LogP contribution < -0.4 is 4.74 Å². The summed E-state index contributed by atoms with van der Waals surface area (Å²) in [5.74, 6) is 2.00. The summed E-state index contributed by atoms with van der Waals surface area (Å²) < 4.78 is 5.81. The SMILES string of the molecule is Cc1c(Cl)nc(C2CC2)nc1OCCN(C)C1CC1. The van der Waals surface area contributed by atoms with Crippen LogP contribution in [0.3, 0.4) is 0 Å². The molecule has 5 heteroatoms. The van der Waals surface area contributed by atoms with Gasteiger partial charge in [0.15, 0.2) is 0 Å². The van der Waals surface area contributed by atoms with Crippen LogP contribution in [-0.4, -0.2) is 41.1 Å². The summed E-state index contributed by atoms with van der Waals surface area (Å²) in [7, 11) is 2.15. The highest BCUT2D eigenvalue weighted by atomic mass is 35.5. The van der Waals surface area contributed by atoms with Gasteiger partial charge in [-0.2, -0.15) is 4.98 Å². The Labute approximate surface area is 119 Å². The second kappa shape index (κ2) is 5.25. The molecule has 2 aliphatic carbocycles. The highest BCUT2D eigenvalue weighted by Gasteiger charge is 2.28. The maximum Gasteiger partial charge on any atom is 0.221 e. The Bertz CT molecular complexity index is 472. The zero-order chi connectivity index (χ0) is 13.4. The van der Waals surface area contributed by atoms with Gasteiger partial charge in [-0.25, -0.2) is 4.98 Å². The molecule has 1 heterocycles. The molecule has 3 rings (SSSR count). The van der Waals surface area contributed by atoms with Crippen LogP contribution in [-0.2, 0) is 0 Å². The molecule has 0 atom stereocenters. The van der Waals surface area contributed by atoms with Crippen molar-refractivity contribution in [1.29, 1.82) is 0 Å². The lowest BCUT2D eigenvalue weighted by atomic mass is 10.3. The van der Waals surface area contributed by atoms with Crippen LogP contribution in [0.2, 0.25) is 5.15 Å². The fourth-order valence-corrected chi connectivity index (χ4v) is 2.30. The second-order valence-electron chi connectivity index (χ2n) is 5.64. The minimum absolute atomic E-state index is 0.495. The van der Waals surface area contributed by atoms with Crippen molar-refractivity contribution in [2.45, 2.75) is 44.6 Å². The van der Waals surface area contributed by atoms with Gasteiger partial charge in [-0.3, -0.25) is 0 Å². The van der Waals surface area contributed by atoms with E-state index in [0.29, 0.717) is 23.6 Å². The highest BCUT2D eigenvalue weighted by Crippen LogP contribution is 2.39. The molecule has 1 aromatic rings. The molecule has 0 aromatic carbocycles. The molecule has 2 aliphatic rings. The molecule has 0 unspecified atom stereocenters. The largest absolute Gasteiger partial charge is 0.476 e. The summed E-state index contributed by atoms with van der Waals surface area (Å²) >= 11 is 6.15. The van der Waals surface area contributed by atoms with E-state index in [1.165, 1.54) is 25.7 Å². The maximum absolute atomic E-state index is 6.15. The fraction of sp³-hybridized carbons (Fsp3) is 0.714. The van der Waals surface area contributed by atoms with E-state index in [0.717, 1.165) is 24.0 Å². The number of halogens is 1. The summed E-state index contributed by atoms with van der Waals surface area (Å²) in [5, 5.41) is 0.530. The van der Waals surface area contributed by atoms with Gasteiger partial charge in [-0.05, 0) is 39.7 Å². The van der Waals surface area contributed by atoms with Crippen LogP contribution in [0.1, 0.15) is 43.0 Å². The lowest BCUT2D eigenvalue weighted by Gasteiger charge is -2.16. The Morgan fingerprint density at radius 3 is 2.63 bits per heavy atom. The lowest BCUT2D eigenvalue weighted by molar-refractivity contribution is 0.225. The molecule has 2 fully saturated rings. The molecule has 1 aromatic heterocycles. The van der Waals surface area contributed by atoms with Gasteiger partial charge in [0.1, 0.15) is 17.6 Å². The first-order valence-corrected chi connectivity index (χ1v) is 7.40. The molecule has 4 nitrogen and oxygen atoms in total. The van der Waals surface area contributed by atoms with Gasteiger partial charge in [0.2, 0.25) is 5.88 Å². The van der Waals surface area contributed by atoms with Gasteiger partial charge in [0.05, 0.1) is 0 Å². The van der Waals surface area contributed by atoms with E-state index in [9.17, 15) is 0 Å². The average Bonchev–Trinajstić information content (AvgIpc) is 3.27. The fourth-order valence-electron chi connectivity index (χ4n) is 2.13. The van der Waals surface area contributed by atoms with Gasteiger partial charge in [-0.1, -0.05) is 11.6 Å². The van der Waals surface area contributed by atoms with E-state index < -0.39 is 0 Å². The van der Waals surface area contributed by atoms with Crippen LogP contribution >= 0.6 is 11.6 Å². The van der Waals surface area contributed by atoms with Crippen LogP contribution in [0.15, 0.2) is 0 Å². The third-order valence-corrected chi connectivity index (χ3v) is 4.22. The summed E-state index contributed by atoms with van der Waals surface area (Å²) in [4.78, 5) is 11.2. The standard InChI is InChI=1S/C14H20ClN3O/c1-9-12(15)16-13(10-3-4-10)17-14(9)19-8-7-18(2)11-5-6-11/h10-11H,3-8H2,1-2H3. The van der Waals surface area contributed by atoms with Crippen molar-refractivity contribution in [3.63, 3.8) is 0 Å². The third kappa shape index (κ3) is 3.18. The van der Waals surface area contributed by atoms with Gasteiger partial charge in [0.25, 0.3) is 0 Å². The third-order valence-electron chi connectivity index (χ3n) is 3.85. The normalized spacial score (nSPS) is 18.9. The van der Waals surface area contributed by atoms with Crippen molar-refractivity contribution in [3.05, 3.63) is 16.5 Å². The van der Waals surface area contributed by atoms with Crippen molar-refractivity contribution in [2.24, 2.45) is 0 Å². The van der Waals surface area contributed by atoms with Crippen molar-refractivity contribution in [3.8, 4) is 5.88 Å².